The van der Waals surface area contributed by atoms with Crippen molar-refractivity contribution in [3.8, 4) is 0 Å². The zero-order valence-electron chi connectivity index (χ0n) is 11.9. The third-order valence-electron chi connectivity index (χ3n) is 3.32. The molecule has 1 N–H and O–H groups in total. The molecule has 0 heterocycles. The molecule has 1 aromatic rings. The van der Waals surface area contributed by atoms with Crippen LogP contribution < -0.4 is 5.32 Å². The Balaban J connectivity index is 2.57. The number of carbonyl (C=O) groups is 1. The van der Waals surface area contributed by atoms with Crippen molar-refractivity contribution in [1.82, 2.24) is 10.2 Å². The van der Waals surface area contributed by atoms with E-state index >= 15 is 0 Å². The lowest BCUT2D eigenvalue weighted by molar-refractivity contribution is -0.130. The summed E-state index contributed by atoms with van der Waals surface area (Å²) >= 11 is 0. The van der Waals surface area contributed by atoms with Crippen molar-refractivity contribution in [2.45, 2.75) is 26.2 Å². The van der Waals surface area contributed by atoms with Crippen molar-refractivity contribution >= 4 is 5.91 Å². The molecule has 0 fully saturated rings. The van der Waals surface area contributed by atoms with E-state index < -0.39 is 0 Å². The first-order valence-corrected chi connectivity index (χ1v) is 6.50. The summed E-state index contributed by atoms with van der Waals surface area (Å²) in [5.74, 6) is 0.483. The summed E-state index contributed by atoms with van der Waals surface area (Å²) in [4.78, 5) is 13.8. The number of benzene rings is 1. The summed E-state index contributed by atoms with van der Waals surface area (Å²) in [5.41, 5.74) is 2.53. The Bertz CT molecular complexity index is 390. The van der Waals surface area contributed by atoms with Crippen LogP contribution >= 0.6 is 0 Å². The predicted octanol–water partition coefficient (Wildman–Crippen LogP) is 2.17. The van der Waals surface area contributed by atoms with Gasteiger partial charge in [-0.2, -0.15) is 0 Å². The highest BCUT2D eigenvalue weighted by molar-refractivity contribution is 5.76. The van der Waals surface area contributed by atoms with Gasteiger partial charge in [0.2, 0.25) is 5.91 Å². The Kier molecular flexibility index (Phi) is 5.86. The van der Waals surface area contributed by atoms with Gasteiger partial charge in [-0.15, -0.1) is 0 Å². The minimum Gasteiger partial charge on any atom is -0.344 e. The molecule has 1 amide bonds. The average molecular weight is 248 g/mol. The highest BCUT2D eigenvalue weighted by atomic mass is 16.2. The van der Waals surface area contributed by atoms with E-state index in [4.69, 9.17) is 0 Å². The molecular weight excluding hydrogens is 224 g/mol. The Hall–Kier alpha value is -1.35. The smallest absolute Gasteiger partial charge is 0.222 e. The molecule has 3 nitrogen and oxygen atoms in total. The molecule has 1 rings (SSSR count). The number of likely N-dealkylation sites (N-methyl/N-ethyl adjacent to an activating group) is 2. The third kappa shape index (κ3) is 4.15. The molecule has 0 saturated carbocycles. The van der Waals surface area contributed by atoms with Crippen LogP contribution in [-0.4, -0.2) is 38.0 Å². The van der Waals surface area contributed by atoms with E-state index in [2.05, 4.69) is 31.3 Å². The largest absolute Gasteiger partial charge is 0.344 e. The maximum Gasteiger partial charge on any atom is 0.222 e. The van der Waals surface area contributed by atoms with Crippen LogP contribution in [0.1, 0.15) is 30.4 Å². The minimum absolute atomic E-state index is 0.209. The molecule has 0 radical (unpaired) electrons. The Morgan fingerprint density at radius 2 is 2.06 bits per heavy atom. The van der Waals surface area contributed by atoms with Gasteiger partial charge in [0.25, 0.3) is 0 Å². The molecule has 1 aromatic carbocycles. The number of nitrogens with zero attached hydrogens (tertiary/aromatic N) is 1. The van der Waals surface area contributed by atoms with Crippen molar-refractivity contribution in [2.75, 3.05) is 27.2 Å². The van der Waals surface area contributed by atoms with Crippen molar-refractivity contribution in [2.24, 2.45) is 0 Å². The van der Waals surface area contributed by atoms with Crippen molar-refractivity contribution in [3.63, 3.8) is 0 Å². The van der Waals surface area contributed by atoms with Gasteiger partial charge in [0.1, 0.15) is 0 Å². The van der Waals surface area contributed by atoms with Gasteiger partial charge in [-0.1, -0.05) is 31.2 Å². The summed E-state index contributed by atoms with van der Waals surface area (Å²) < 4.78 is 0. The number of hydrogen-bond acceptors (Lipinski definition) is 2. The van der Waals surface area contributed by atoms with Crippen LogP contribution in [0.2, 0.25) is 0 Å². The fraction of sp³-hybridized carbons (Fsp3) is 0.533. The lowest BCUT2D eigenvalue weighted by Crippen LogP contribution is -2.33. The van der Waals surface area contributed by atoms with E-state index in [0.29, 0.717) is 6.42 Å². The van der Waals surface area contributed by atoms with Crippen molar-refractivity contribution < 1.29 is 4.79 Å². The van der Waals surface area contributed by atoms with Gasteiger partial charge in [-0.25, -0.2) is 0 Å². The quantitative estimate of drug-likeness (QED) is 0.837. The van der Waals surface area contributed by atoms with Crippen LogP contribution in [0.4, 0.5) is 0 Å². The fourth-order valence-corrected chi connectivity index (χ4v) is 2.07. The first-order valence-electron chi connectivity index (χ1n) is 6.50. The highest BCUT2D eigenvalue weighted by Crippen LogP contribution is 2.22. The molecule has 18 heavy (non-hydrogen) atoms. The first-order chi connectivity index (χ1) is 8.56. The van der Waals surface area contributed by atoms with E-state index in [1.165, 1.54) is 11.1 Å². The van der Waals surface area contributed by atoms with Gasteiger partial charge in [0.15, 0.2) is 0 Å². The van der Waals surface area contributed by atoms with Crippen molar-refractivity contribution in [3.05, 3.63) is 35.4 Å². The van der Waals surface area contributed by atoms with Gasteiger partial charge >= 0.3 is 0 Å². The van der Waals surface area contributed by atoms with E-state index in [1.54, 1.807) is 4.90 Å². The van der Waals surface area contributed by atoms with Crippen LogP contribution in [-0.2, 0) is 4.79 Å². The van der Waals surface area contributed by atoms with Crippen molar-refractivity contribution in [1.29, 1.82) is 0 Å². The number of nitrogens with one attached hydrogen (secondary N) is 1. The average Bonchev–Trinajstić information content (AvgIpc) is 2.36. The predicted molar refractivity (Wildman–Crippen MR) is 75.8 cm³/mol. The topological polar surface area (TPSA) is 32.3 Å². The number of rotatable bonds is 6. The first kappa shape index (κ1) is 14.7. The van der Waals surface area contributed by atoms with E-state index in [-0.39, 0.29) is 11.8 Å². The summed E-state index contributed by atoms with van der Waals surface area (Å²) in [6, 6.07) is 8.28. The summed E-state index contributed by atoms with van der Waals surface area (Å²) in [6.45, 7) is 5.81. The normalized spacial score (nSPS) is 12.2. The number of aryl methyl sites for hydroxylation is 1. The molecule has 0 saturated heterocycles. The SMILES string of the molecule is CNCCN(C)C(=O)CC(C)c1ccccc1C. The minimum atomic E-state index is 0.209. The molecule has 100 valence electrons. The van der Waals surface area contributed by atoms with E-state index in [0.717, 1.165) is 13.1 Å². The Labute approximate surface area is 110 Å². The van der Waals surface area contributed by atoms with Gasteiger partial charge < -0.3 is 10.2 Å². The second kappa shape index (κ2) is 7.17. The van der Waals surface area contributed by atoms with E-state index in [9.17, 15) is 4.79 Å². The second-order valence-electron chi connectivity index (χ2n) is 4.88. The molecule has 0 aliphatic heterocycles. The zero-order valence-corrected chi connectivity index (χ0v) is 11.9. The molecule has 0 aromatic heterocycles. The number of carbonyl (C=O) groups excluding carboxylic acids is 1. The monoisotopic (exact) mass is 248 g/mol. The standard InChI is InChI=1S/C15H24N2O/c1-12-7-5-6-8-14(12)13(2)11-15(18)17(4)10-9-16-3/h5-8,13,16H,9-11H2,1-4H3. The third-order valence-corrected chi connectivity index (χ3v) is 3.32. The summed E-state index contributed by atoms with van der Waals surface area (Å²) in [5, 5.41) is 3.05. The molecule has 3 heteroatoms. The molecule has 0 aliphatic rings. The fourth-order valence-electron chi connectivity index (χ4n) is 2.07. The lowest BCUT2D eigenvalue weighted by atomic mass is 9.93. The van der Waals surface area contributed by atoms with Crippen LogP contribution in [0.15, 0.2) is 24.3 Å². The van der Waals surface area contributed by atoms with Gasteiger partial charge in [-0.3, -0.25) is 4.79 Å². The van der Waals surface area contributed by atoms with Crippen LogP contribution in [0.3, 0.4) is 0 Å². The maximum atomic E-state index is 12.0. The summed E-state index contributed by atoms with van der Waals surface area (Å²) in [7, 11) is 3.76. The molecule has 1 atom stereocenters. The molecule has 1 unspecified atom stereocenters. The molecule has 0 spiro atoms. The number of amides is 1. The Morgan fingerprint density at radius 3 is 2.67 bits per heavy atom. The van der Waals surface area contributed by atoms with Gasteiger partial charge in [-0.05, 0) is 31.0 Å². The van der Waals surface area contributed by atoms with Crippen LogP contribution in [0, 0.1) is 6.92 Å². The molecule has 0 bridgehead atoms. The summed E-state index contributed by atoms with van der Waals surface area (Å²) in [6.07, 6.45) is 0.574. The maximum absolute atomic E-state index is 12.0. The molecule has 0 aliphatic carbocycles. The van der Waals surface area contributed by atoms with Gasteiger partial charge in [0.05, 0.1) is 0 Å². The van der Waals surface area contributed by atoms with Gasteiger partial charge in [0, 0.05) is 26.6 Å². The Morgan fingerprint density at radius 1 is 1.39 bits per heavy atom. The molecular formula is C15H24N2O. The van der Waals surface area contributed by atoms with Crippen LogP contribution in [0.25, 0.3) is 0 Å². The zero-order chi connectivity index (χ0) is 13.5. The highest BCUT2D eigenvalue weighted by Gasteiger charge is 2.15. The van der Waals surface area contributed by atoms with E-state index in [1.807, 2.05) is 26.2 Å². The van der Waals surface area contributed by atoms with Crippen LogP contribution in [0.5, 0.6) is 0 Å². The number of hydrogen-bond donors (Lipinski definition) is 1. The second-order valence-corrected chi connectivity index (χ2v) is 4.88. The lowest BCUT2D eigenvalue weighted by Gasteiger charge is -2.20.